The molecule has 6 heteroatoms. The fourth-order valence-electron chi connectivity index (χ4n) is 3.70. The number of aromatic nitrogens is 2. The monoisotopic (exact) mass is 347 g/mol. The van der Waals surface area contributed by atoms with Crippen LogP contribution >= 0.6 is 0 Å². The molecule has 0 radical (unpaired) electrons. The summed E-state index contributed by atoms with van der Waals surface area (Å²) in [5.41, 5.74) is 2.76. The molecule has 1 saturated carbocycles. The second-order valence-electron chi connectivity index (χ2n) is 7.00. The van der Waals surface area contributed by atoms with E-state index < -0.39 is 12.0 Å². The molecule has 1 aromatic carbocycles. The van der Waals surface area contributed by atoms with E-state index in [0.717, 1.165) is 40.5 Å². The molecule has 0 unspecified atom stereocenters. The van der Waals surface area contributed by atoms with Crippen molar-refractivity contribution < 1.29 is 13.6 Å². The van der Waals surface area contributed by atoms with Crippen molar-refractivity contribution >= 4 is 5.91 Å². The number of carbonyl (C=O) groups is 1. The van der Waals surface area contributed by atoms with Gasteiger partial charge in [0.1, 0.15) is 5.82 Å². The summed E-state index contributed by atoms with van der Waals surface area (Å²) in [6.45, 7) is 1.47. The molecular weight excluding hydrogens is 324 g/mol. The number of hydrogen-bond acceptors (Lipinski definition) is 2. The molecule has 134 valence electrons. The Morgan fingerprint density at radius 3 is 2.44 bits per heavy atom. The first-order chi connectivity index (χ1) is 11.8. The quantitative estimate of drug-likeness (QED) is 0.821. The van der Waals surface area contributed by atoms with Crippen molar-refractivity contribution in [2.45, 2.75) is 51.6 Å². The number of aryl methyl sites for hydroxylation is 2. The van der Waals surface area contributed by atoms with Gasteiger partial charge in [-0.15, -0.1) is 0 Å². The fourth-order valence-corrected chi connectivity index (χ4v) is 3.70. The summed E-state index contributed by atoms with van der Waals surface area (Å²) >= 11 is 0. The number of rotatable bonds is 5. The number of amides is 1. The van der Waals surface area contributed by atoms with Gasteiger partial charge >= 0.3 is 6.55 Å². The fraction of sp³-hybridized carbons (Fsp3) is 0.474. The van der Waals surface area contributed by atoms with Gasteiger partial charge in [-0.05, 0) is 32.3 Å². The van der Waals surface area contributed by atoms with E-state index in [2.05, 4.69) is 23.2 Å². The number of imidazole rings is 1. The Morgan fingerprint density at radius 1 is 1.28 bits per heavy atom. The van der Waals surface area contributed by atoms with Crippen LogP contribution in [0.3, 0.4) is 0 Å². The van der Waals surface area contributed by atoms with Crippen molar-refractivity contribution in [2.24, 2.45) is 0 Å². The molecule has 0 aliphatic heterocycles. The van der Waals surface area contributed by atoms with Gasteiger partial charge in [0.2, 0.25) is 5.91 Å². The highest BCUT2D eigenvalue weighted by Gasteiger charge is 2.47. The Hall–Kier alpha value is -2.24. The number of nitrogens with zero attached hydrogens (tertiary/aromatic N) is 3. The molecule has 0 atom stereocenters. The van der Waals surface area contributed by atoms with E-state index in [0.29, 0.717) is 0 Å². The number of benzene rings is 1. The zero-order valence-electron chi connectivity index (χ0n) is 14.8. The molecule has 0 N–H and O–H groups in total. The van der Waals surface area contributed by atoms with E-state index in [1.54, 1.807) is 7.05 Å². The molecule has 1 aliphatic rings. The topological polar surface area (TPSA) is 38.1 Å². The van der Waals surface area contributed by atoms with E-state index in [4.69, 9.17) is 0 Å². The van der Waals surface area contributed by atoms with Crippen LogP contribution in [-0.4, -0.2) is 27.4 Å². The van der Waals surface area contributed by atoms with Crippen LogP contribution in [0.1, 0.15) is 48.3 Å². The minimum Gasteiger partial charge on any atom is -0.338 e. The Morgan fingerprint density at radius 2 is 1.92 bits per heavy atom. The second-order valence-corrected chi connectivity index (χ2v) is 7.00. The molecule has 1 amide bonds. The number of alkyl halides is 2. The van der Waals surface area contributed by atoms with E-state index in [-0.39, 0.29) is 18.3 Å². The average Bonchev–Trinajstić information content (AvgIpc) is 2.93. The minimum absolute atomic E-state index is 0.0208. The van der Waals surface area contributed by atoms with Crippen molar-refractivity contribution in [3.63, 3.8) is 0 Å². The minimum atomic E-state index is -2.65. The van der Waals surface area contributed by atoms with Crippen LogP contribution in [-0.2, 0) is 16.8 Å². The van der Waals surface area contributed by atoms with Gasteiger partial charge in [-0.2, -0.15) is 8.78 Å². The lowest BCUT2D eigenvalue weighted by molar-refractivity contribution is -0.140. The average molecular weight is 347 g/mol. The van der Waals surface area contributed by atoms with Crippen LogP contribution in [0.4, 0.5) is 8.78 Å². The first-order valence-electron chi connectivity index (χ1n) is 8.48. The number of hydrogen-bond donors (Lipinski definition) is 0. The molecule has 1 fully saturated rings. The zero-order chi connectivity index (χ0) is 18.2. The van der Waals surface area contributed by atoms with E-state index in [1.165, 1.54) is 17.3 Å². The van der Waals surface area contributed by atoms with Crippen LogP contribution in [0, 0.1) is 13.8 Å². The van der Waals surface area contributed by atoms with Crippen LogP contribution in [0.15, 0.2) is 30.6 Å². The summed E-state index contributed by atoms with van der Waals surface area (Å²) in [5, 5.41) is 0. The number of carbonyl (C=O) groups excluding carboxylic acids is 1. The Labute approximate surface area is 146 Å². The van der Waals surface area contributed by atoms with E-state index in [9.17, 15) is 13.6 Å². The molecule has 0 spiro atoms. The second kappa shape index (κ2) is 6.58. The third-order valence-corrected chi connectivity index (χ3v) is 5.08. The smallest absolute Gasteiger partial charge is 0.319 e. The highest BCUT2D eigenvalue weighted by Crippen LogP contribution is 2.45. The lowest BCUT2D eigenvalue weighted by atomic mass is 9.63. The van der Waals surface area contributed by atoms with Gasteiger partial charge in [-0.1, -0.05) is 35.7 Å². The molecule has 1 aliphatic carbocycles. The maximum absolute atomic E-state index is 13.2. The maximum Gasteiger partial charge on any atom is 0.319 e. The predicted octanol–water partition coefficient (Wildman–Crippen LogP) is 3.98. The summed E-state index contributed by atoms with van der Waals surface area (Å²) in [7, 11) is 1.66. The summed E-state index contributed by atoms with van der Waals surface area (Å²) < 4.78 is 26.8. The predicted molar refractivity (Wildman–Crippen MR) is 91.4 cm³/mol. The molecule has 1 heterocycles. The standard InChI is InChI=1S/C19H23F2N3O/c1-13-9-14(2)11-15(10-13)19(5-4-6-19)17(25)23(3)12-16-22-7-8-24(16)18(20)21/h7-11,18H,4-6,12H2,1-3H3. The van der Waals surface area contributed by atoms with Crippen LogP contribution in [0.2, 0.25) is 0 Å². The van der Waals surface area contributed by atoms with Crippen LogP contribution in [0.5, 0.6) is 0 Å². The van der Waals surface area contributed by atoms with Crippen molar-refractivity contribution in [2.75, 3.05) is 7.05 Å². The van der Waals surface area contributed by atoms with Gasteiger partial charge in [0.25, 0.3) is 0 Å². The lowest BCUT2D eigenvalue weighted by Crippen LogP contribution is -2.49. The Balaban J connectivity index is 1.85. The Kier molecular flexibility index (Phi) is 4.62. The maximum atomic E-state index is 13.2. The van der Waals surface area contributed by atoms with Crippen molar-refractivity contribution in [3.05, 3.63) is 53.1 Å². The Bertz CT molecular complexity index is 760. The third-order valence-electron chi connectivity index (χ3n) is 5.08. The molecule has 0 saturated heterocycles. The molecule has 0 bridgehead atoms. The molecule has 1 aromatic heterocycles. The molecule has 25 heavy (non-hydrogen) atoms. The molecule has 2 aromatic rings. The first-order valence-corrected chi connectivity index (χ1v) is 8.48. The van der Waals surface area contributed by atoms with Crippen LogP contribution in [0.25, 0.3) is 0 Å². The van der Waals surface area contributed by atoms with Crippen LogP contribution < -0.4 is 0 Å². The highest BCUT2D eigenvalue weighted by atomic mass is 19.3. The third kappa shape index (κ3) is 3.17. The van der Waals surface area contributed by atoms with Gasteiger partial charge in [0, 0.05) is 19.4 Å². The SMILES string of the molecule is Cc1cc(C)cc(C2(C(=O)N(C)Cc3nccn3C(F)F)CCC2)c1. The summed E-state index contributed by atoms with van der Waals surface area (Å²) in [6, 6.07) is 6.22. The zero-order valence-corrected chi connectivity index (χ0v) is 14.8. The largest absolute Gasteiger partial charge is 0.338 e. The van der Waals surface area contributed by atoms with Crippen molar-refractivity contribution in [3.8, 4) is 0 Å². The normalized spacial score (nSPS) is 15.9. The van der Waals surface area contributed by atoms with E-state index in [1.807, 2.05) is 13.8 Å². The van der Waals surface area contributed by atoms with E-state index >= 15 is 0 Å². The van der Waals surface area contributed by atoms with Gasteiger partial charge < -0.3 is 4.90 Å². The molecule has 3 rings (SSSR count). The van der Waals surface area contributed by atoms with Gasteiger partial charge in [-0.25, -0.2) is 4.98 Å². The lowest BCUT2D eigenvalue weighted by Gasteiger charge is -2.43. The number of likely N-dealkylation sites (N-methyl/N-ethyl adjacent to an activating group) is 1. The van der Waals surface area contributed by atoms with Gasteiger partial charge in [0.05, 0.1) is 12.0 Å². The van der Waals surface area contributed by atoms with Crippen molar-refractivity contribution in [1.29, 1.82) is 0 Å². The van der Waals surface area contributed by atoms with Gasteiger partial charge in [-0.3, -0.25) is 9.36 Å². The van der Waals surface area contributed by atoms with Gasteiger partial charge in [0.15, 0.2) is 0 Å². The first kappa shape index (κ1) is 17.6. The summed E-state index contributed by atoms with van der Waals surface area (Å²) in [5.74, 6) is 0.174. The molecule has 4 nitrogen and oxygen atoms in total. The number of halogens is 2. The summed E-state index contributed by atoms with van der Waals surface area (Å²) in [6.07, 6.45) is 5.16. The highest BCUT2D eigenvalue weighted by molar-refractivity contribution is 5.89. The molecular formula is C19H23F2N3O. The summed E-state index contributed by atoms with van der Waals surface area (Å²) in [4.78, 5) is 18.7. The van der Waals surface area contributed by atoms with Crippen molar-refractivity contribution in [1.82, 2.24) is 14.5 Å².